The van der Waals surface area contributed by atoms with Gasteiger partial charge in [-0.15, -0.1) is 0 Å². The molecule has 2 rings (SSSR count). The van der Waals surface area contributed by atoms with Crippen molar-refractivity contribution < 1.29 is 9.13 Å². The van der Waals surface area contributed by atoms with Gasteiger partial charge in [0.1, 0.15) is 17.7 Å². The Bertz CT molecular complexity index is 432. The van der Waals surface area contributed by atoms with Crippen LogP contribution in [0.5, 0.6) is 5.75 Å². The topological polar surface area (TPSA) is 9.23 Å². The van der Waals surface area contributed by atoms with Crippen LogP contribution in [0, 0.1) is 11.2 Å². The van der Waals surface area contributed by atoms with Crippen molar-refractivity contribution >= 4 is 31.9 Å². The molecule has 19 heavy (non-hydrogen) atoms. The second-order valence-electron chi connectivity index (χ2n) is 5.42. The van der Waals surface area contributed by atoms with E-state index in [0.29, 0.717) is 0 Å². The molecule has 1 aliphatic heterocycles. The van der Waals surface area contributed by atoms with Crippen LogP contribution in [0.1, 0.15) is 31.7 Å². The van der Waals surface area contributed by atoms with E-state index in [1.54, 1.807) is 12.1 Å². The van der Waals surface area contributed by atoms with Crippen molar-refractivity contribution in [3.8, 4) is 5.75 Å². The molecule has 1 aliphatic rings. The molecular formula is C15H19Br2FO. The van der Waals surface area contributed by atoms with Crippen molar-refractivity contribution in [1.29, 1.82) is 0 Å². The lowest BCUT2D eigenvalue weighted by molar-refractivity contribution is 0.156. The normalized spacial score (nSPS) is 18.2. The minimum atomic E-state index is -0.177. The van der Waals surface area contributed by atoms with Crippen molar-refractivity contribution in [2.24, 2.45) is 5.41 Å². The number of rotatable bonds is 6. The van der Waals surface area contributed by atoms with Gasteiger partial charge in [0.05, 0.1) is 0 Å². The molecule has 0 bridgehead atoms. The monoisotopic (exact) mass is 392 g/mol. The van der Waals surface area contributed by atoms with Gasteiger partial charge < -0.3 is 4.74 Å². The maximum absolute atomic E-state index is 13.2. The highest BCUT2D eigenvalue weighted by molar-refractivity contribution is 9.09. The van der Waals surface area contributed by atoms with E-state index in [9.17, 15) is 4.39 Å². The largest absolute Gasteiger partial charge is 0.490 e. The maximum Gasteiger partial charge on any atom is 0.123 e. The minimum Gasteiger partial charge on any atom is -0.490 e. The predicted octanol–water partition coefficient (Wildman–Crippen LogP) is 5.10. The van der Waals surface area contributed by atoms with Crippen LogP contribution < -0.4 is 4.74 Å². The number of hydrogen-bond acceptors (Lipinski definition) is 1. The zero-order valence-corrected chi connectivity index (χ0v) is 14.3. The summed E-state index contributed by atoms with van der Waals surface area (Å²) < 4.78 is 19.2. The van der Waals surface area contributed by atoms with Crippen molar-refractivity contribution in [3.63, 3.8) is 0 Å². The van der Waals surface area contributed by atoms with Gasteiger partial charge in [-0.1, -0.05) is 45.2 Å². The Morgan fingerprint density at radius 2 is 2.11 bits per heavy atom. The van der Waals surface area contributed by atoms with E-state index in [4.69, 9.17) is 4.74 Å². The average Bonchev–Trinajstić information content (AvgIpc) is 2.79. The van der Waals surface area contributed by atoms with E-state index in [2.05, 4.69) is 38.8 Å². The molecule has 1 heterocycles. The van der Waals surface area contributed by atoms with E-state index in [1.807, 2.05) is 0 Å². The van der Waals surface area contributed by atoms with Gasteiger partial charge >= 0.3 is 0 Å². The Kier molecular flexibility index (Phi) is 5.29. The standard InChI is InChI=1S/C15H19Br2FO/c1-2-5-15(9-16,10-17)8-13-7-11-6-12(18)3-4-14(11)19-13/h3-4,6,13H,2,5,7-10H2,1H3. The van der Waals surface area contributed by atoms with Crippen molar-refractivity contribution in [2.75, 3.05) is 10.7 Å². The van der Waals surface area contributed by atoms with E-state index in [-0.39, 0.29) is 17.3 Å². The summed E-state index contributed by atoms with van der Waals surface area (Å²) in [7, 11) is 0. The minimum absolute atomic E-state index is 0.165. The Morgan fingerprint density at radius 3 is 2.74 bits per heavy atom. The molecule has 1 nitrogen and oxygen atoms in total. The number of benzene rings is 1. The van der Waals surface area contributed by atoms with E-state index in [1.165, 1.54) is 6.07 Å². The lowest BCUT2D eigenvalue weighted by Gasteiger charge is -2.32. The highest BCUT2D eigenvalue weighted by atomic mass is 79.9. The summed E-state index contributed by atoms with van der Waals surface area (Å²) in [4.78, 5) is 0. The molecule has 0 saturated heterocycles. The Hall–Kier alpha value is -0.0900. The average molecular weight is 394 g/mol. The summed E-state index contributed by atoms with van der Waals surface area (Å²) >= 11 is 7.29. The van der Waals surface area contributed by atoms with Crippen LogP contribution in [0.2, 0.25) is 0 Å². The third-order valence-corrected chi connectivity index (χ3v) is 6.15. The fourth-order valence-corrected chi connectivity index (χ4v) is 4.74. The summed E-state index contributed by atoms with van der Waals surface area (Å²) in [5, 5.41) is 1.92. The Morgan fingerprint density at radius 1 is 1.37 bits per heavy atom. The van der Waals surface area contributed by atoms with Crippen LogP contribution in [-0.2, 0) is 6.42 Å². The van der Waals surface area contributed by atoms with Crippen molar-refractivity contribution in [2.45, 2.75) is 38.7 Å². The first-order valence-electron chi connectivity index (χ1n) is 6.69. The van der Waals surface area contributed by atoms with Gasteiger partial charge in [0.2, 0.25) is 0 Å². The number of hydrogen-bond donors (Lipinski definition) is 0. The molecule has 1 atom stereocenters. The molecule has 1 aromatic carbocycles. The first kappa shape index (κ1) is 15.3. The first-order valence-corrected chi connectivity index (χ1v) is 8.94. The number of alkyl halides is 2. The van der Waals surface area contributed by atoms with Crippen LogP contribution in [-0.4, -0.2) is 16.8 Å². The highest BCUT2D eigenvalue weighted by Crippen LogP contribution is 2.39. The number of ether oxygens (including phenoxy) is 1. The molecule has 0 spiro atoms. The quantitative estimate of drug-likeness (QED) is 0.611. The van der Waals surface area contributed by atoms with Gasteiger partial charge in [-0.05, 0) is 36.5 Å². The number of halogens is 3. The lowest BCUT2D eigenvalue weighted by Crippen LogP contribution is -2.32. The third kappa shape index (κ3) is 3.52. The van der Waals surface area contributed by atoms with E-state index in [0.717, 1.165) is 47.7 Å². The van der Waals surface area contributed by atoms with Crippen LogP contribution in [0.25, 0.3) is 0 Å². The van der Waals surface area contributed by atoms with E-state index < -0.39 is 0 Å². The maximum atomic E-state index is 13.2. The molecule has 0 aliphatic carbocycles. The summed E-state index contributed by atoms with van der Waals surface area (Å²) in [5.74, 6) is 0.671. The number of fused-ring (bicyclic) bond motifs is 1. The molecular weight excluding hydrogens is 375 g/mol. The summed E-state index contributed by atoms with van der Waals surface area (Å²) in [6, 6.07) is 4.81. The second-order valence-corrected chi connectivity index (χ2v) is 6.54. The Labute approximate surface area is 131 Å². The third-order valence-electron chi connectivity index (χ3n) is 3.77. The molecule has 0 amide bonds. The zero-order valence-electron chi connectivity index (χ0n) is 11.1. The van der Waals surface area contributed by atoms with E-state index >= 15 is 0 Å². The summed E-state index contributed by atoms with van der Waals surface area (Å²) in [5.41, 5.74) is 1.22. The molecule has 1 aromatic rings. The molecule has 0 radical (unpaired) electrons. The molecule has 4 heteroatoms. The molecule has 0 fully saturated rings. The first-order chi connectivity index (χ1) is 9.12. The van der Waals surface area contributed by atoms with Gasteiger partial charge in [0, 0.05) is 22.6 Å². The van der Waals surface area contributed by atoms with Gasteiger partial charge in [-0.25, -0.2) is 4.39 Å². The predicted molar refractivity (Wildman–Crippen MR) is 84.1 cm³/mol. The second kappa shape index (κ2) is 6.57. The van der Waals surface area contributed by atoms with Crippen LogP contribution in [0.15, 0.2) is 18.2 Å². The van der Waals surface area contributed by atoms with Crippen LogP contribution in [0.3, 0.4) is 0 Å². The van der Waals surface area contributed by atoms with Crippen LogP contribution >= 0.6 is 31.9 Å². The fraction of sp³-hybridized carbons (Fsp3) is 0.600. The van der Waals surface area contributed by atoms with Crippen LogP contribution in [0.4, 0.5) is 4.39 Å². The summed E-state index contributed by atoms with van der Waals surface area (Å²) in [6.07, 6.45) is 4.30. The molecule has 0 aromatic heterocycles. The molecule has 106 valence electrons. The molecule has 0 N–H and O–H groups in total. The van der Waals surface area contributed by atoms with Gasteiger partial charge in [-0.3, -0.25) is 0 Å². The van der Waals surface area contributed by atoms with Gasteiger partial charge in [0.15, 0.2) is 0 Å². The fourth-order valence-electron chi connectivity index (χ4n) is 2.80. The van der Waals surface area contributed by atoms with Crippen molar-refractivity contribution in [3.05, 3.63) is 29.6 Å². The highest BCUT2D eigenvalue weighted by Gasteiger charge is 2.34. The lowest BCUT2D eigenvalue weighted by atomic mass is 9.81. The van der Waals surface area contributed by atoms with Crippen molar-refractivity contribution in [1.82, 2.24) is 0 Å². The zero-order chi connectivity index (χ0) is 13.9. The van der Waals surface area contributed by atoms with Gasteiger partial charge in [-0.2, -0.15) is 0 Å². The summed E-state index contributed by atoms with van der Waals surface area (Å²) in [6.45, 7) is 2.21. The Balaban J connectivity index is 2.06. The van der Waals surface area contributed by atoms with Gasteiger partial charge in [0.25, 0.3) is 0 Å². The SMILES string of the molecule is CCCC(CBr)(CBr)CC1Cc2cc(F)ccc2O1. The smallest absolute Gasteiger partial charge is 0.123 e. The molecule has 1 unspecified atom stereocenters. The molecule has 0 saturated carbocycles.